The minimum atomic E-state index is -5.08. The van der Waals surface area contributed by atoms with Crippen LogP contribution >= 0.6 is 11.6 Å². The second kappa shape index (κ2) is 13.5. The van der Waals surface area contributed by atoms with E-state index >= 15 is 0 Å². The minimum Gasteiger partial charge on any atom is -0.475 e. The van der Waals surface area contributed by atoms with Crippen LogP contribution in [0, 0.1) is 0 Å². The fraction of sp³-hybridized carbons (Fsp3) is 0.250. The number of hydrogen-bond acceptors (Lipinski definition) is 7. The molecular weight excluding hydrogens is 616 g/mol. The summed E-state index contributed by atoms with van der Waals surface area (Å²) in [5, 5.41) is 18.9. The highest BCUT2D eigenvalue weighted by Crippen LogP contribution is 2.38. The molecule has 0 atom stereocenters. The van der Waals surface area contributed by atoms with Gasteiger partial charge >= 0.3 is 24.3 Å². The zero-order valence-electron chi connectivity index (χ0n) is 21.4. The molecular formula is C24H20ClF6N7O5. The summed E-state index contributed by atoms with van der Waals surface area (Å²) in [5.41, 5.74) is 4.70. The van der Waals surface area contributed by atoms with Gasteiger partial charge in [-0.1, -0.05) is 11.6 Å². The topological polar surface area (TPSA) is 177 Å². The van der Waals surface area contributed by atoms with Crippen LogP contribution in [0.25, 0.3) is 33.4 Å². The average Bonchev–Trinajstić information content (AvgIpc) is 3.58. The van der Waals surface area contributed by atoms with E-state index in [-0.39, 0.29) is 5.91 Å². The van der Waals surface area contributed by atoms with Crippen molar-refractivity contribution < 1.29 is 50.9 Å². The Balaban J connectivity index is 0.000000303. The van der Waals surface area contributed by atoms with Gasteiger partial charge in [0, 0.05) is 73.0 Å². The molecule has 5 N–H and O–H groups in total. The van der Waals surface area contributed by atoms with E-state index in [1.165, 1.54) is 6.33 Å². The quantitative estimate of drug-likeness (QED) is 0.208. The van der Waals surface area contributed by atoms with Crippen LogP contribution in [0.4, 0.5) is 26.3 Å². The van der Waals surface area contributed by atoms with E-state index in [0.29, 0.717) is 29.5 Å². The average molecular weight is 636 g/mol. The van der Waals surface area contributed by atoms with E-state index in [2.05, 4.69) is 30.2 Å². The van der Waals surface area contributed by atoms with Gasteiger partial charge in [0.1, 0.15) is 17.7 Å². The monoisotopic (exact) mass is 635 g/mol. The number of aliphatic carboxylic acids is 2. The van der Waals surface area contributed by atoms with Gasteiger partial charge in [-0.2, -0.15) is 26.3 Å². The molecule has 0 aliphatic carbocycles. The summed E-state index contributed by atoms with van der Waals surface area (Å²) in [6, 6.07) is 3.73. The number of aromatic amines is 2. The molecule has 0 spiro atoms. The Morgan fingerprint density at radius 1 is 0.884 bits per heavy atom. The van der Waals surface area contributed by atoms with Crippen LogP contribution in [-0.4, -0.2) is 96.4 Å². The Morgan fingerprint density at radius 2 is 1.44 bits per heavy atom. The number of pyridine rings is 1. The summed E-state index contributed by atoms with van der Waals surface area (Å²) in [7, 11) is 0. The van der Waals surface area contributed by atoms with Gasteiger partial charge in [0.15, 0.2) is 0 Å². The summed E-state index contributed by atoms with van der Waals surface area (Å²) in [5.74, 6) is -5.51. The Kier molecular flexibility index (Phi) is 10.3. The van der Waals surface area contributed by atoms with E-state index in [4.69, 9.17) is 31.4 Å². The molecule has 5 rings (SSSR count). The van der Waals surface area contributed by atoms with Crippen molar-refractivity contribution >= 4 is 40.5 Å². The zero-order chi connectivity index (χ0) is 31.9. The summed E-state index contributed by atoms with van der Waals surface area (Å²) in [4.78, 5) is 51.7. The van der Waals surface area contributed by atoms with Crippen LogP contribution in [-0.2, 0) is 9.59 Å². The summed E-state index contributed by atoms with van der Waals surface area (Å²) in [6.45, 7) is 3.03. The number of amides is 1. The highest BCUT2D eigenvalue weighted by molar-refractivity contribution is 6.31. The predicted molar refractivity (Wildman–Crippen MR) is 138 cm³/mol. The van der Waals surface area contributed by atoms with Crippen LogP contribution in [0.2, 0.25) is 5.02 Å². The van der Waals surface area contributed by atoms with Crippen molar-refractivity contribution in [3.8, 4) is 22.4 Å². The molecule has 1 fully saturated rings. The Bertz CT molecular complexity index is 1560. The summed E-state index contributed by atoms with van der Waals surface area (Å²) >= 11 is 6.20. The number of carbonyl (C=O) groups excluding carboxylic acids is 1. The molecule has 0 aromatic carbocycles. The third-order valence-electron chi connectivity index (χ3n) is 5.56. The number of nitrogens with zero attached hydrogens (tertiary/aromatic N) is 4. The second-order valence-electron chi connectivity index (χ2n) is 8.50. The van der Waals surface area contributed by atoms with E-state index in [0.717, 1.165) is 40.9 Å². The fourth-order valence-corrected chi connectivity index (χ4v) is 3.85. The van der Waals surface area contributed by atoms with Crippen LogP contribution in [0.3, 0.4) is 0 Å². The molecule has 5 heterocycles. The lowest BCUT2D eigenvalue weighted by atomic mass is 10.0. The zero-order valence-corrected chi connectivity index (χ0v) is 22.2. The number of alkyl halides is 6. The van der Waals surface area contributed by atoms with Gasteiger partial charge in [-0.15, -0.1) is 0 Å². The number of nitrogens with one attached hydrogen (secondary N) is 3. The first-order chi connectivity index (χ1) is 20.1. The van der Waals surface area contributed by atoms with Gasteiger partial charge in [-0.3, -0.25) is 4.79 Å². The molecule has 4 aromatic rings. The number of carboxylic acid groups (broad SMARTS) is 2. The molecule has 4 aromatic heterocycles. The Labute approximate surface area is 241 Å². The number of rotatable bonds is 3. The van der Waals surface area contributed by atoms with Gasteiger partial charge in [-0.25, -0.2) is 24.5 Å². The molecule has 0 unspecified atom stereocenters. The lowest BCUT2D eigenvalue weighted by Crippen LogP contribution is -2.46. The predicted octanol–water partition coefficient (Wildman–Crippen LogP) is 3.98. The third kappa shape index (κ3) is 8.65. The number of fused-ring (bicyclic) bond motifs is 1. The van der Waals surface area contributed by atoms with Gasteiger partial charge in [-0.05, 0) is 12.1 Å². The number of hydrogen-bond donors (Lipinski definition) is 5. The number of carboxylic acids is 2. The number of aromatic nitrogens is 5. The van der Waals surface area contributed by atoms with Crippen LogP contribution in [0.1, 0.15) is 10.5 Å². The van der Waals surface area contributed by atoms with E-state index < -0.39 is 24.3 Å². The van der Waals surface area contributed by atoms with E-state index in [1.807, 2.05) is 23.2 Å². The third-order valence-corrected chi connectivity index (χ3v) is 5.76. The highest BCUT2D eigenvalue weighted by atomic mass is 35.5. The van der Waals surface area contributed by atoms with E-state index in [1.54, 1.807) is 18.6 Å². The first kappa shape index (κ1) is 32.8. The van der Waals surface area contributed by atoms with Crippen molar-refractivity contribution in [1.29, 1.82) is 0 Å². The van der Waals surface area contributed by atoms with Crippen molar-refractivity contribution in [2.75, 3.05) is 26.2 Å². The molecule has 230 valence electrons. The first-order valence-corrected chi connectivity index (χ1v) is 12.2. The summed E-state index contributed by atoms with van der Waals surface area (Å²) < 4.78 is 63.5. The molecule has 0 bridgehead atoms. The maximum Gasteiger partial charge on any atom is 0.490 e. The molecule has 12 nitrogen and oxygen atoms in total. The standard InChI is InChI=1S/C20H18ClN7O.2C2HF3O2/c21-14-6-15-17(13-7-23-11-24-8-13)18(27-19(15)26-10-14)12-5-16(25-9-12)20(29)28-3-1-22-2-4-28;2*3-2(4,5)1(6)7/h5-11,22,25H,1-4H2,(H,26,27);2*(H,6,7). The largest absolute Gasteiger partial charge is 0.490 e. The Morgan fingerprint density at radius 3 is 1.98 bits per heavy atom. The first-order valence-electron chi connectivity index (χ1n) is 11.8. The number of halogens is 7. The minimum absolute atomic E-state index is 0.000347. The SMILES string of the molecule is O=C(O)C(F)(F)F.O=C(O)C(F)(F)F.O=C(c1cc(-c2[nH]c3ncc(Cl)cc3c2-c2cncnc2)c[nH]1)N1CCNCC1. The molecule has 19 heteroatoms. The number of piperazine rings is 1. The van der Waals surface area contributed by atoms with Crippen molar-refractivity contribution in [2.45, 2.75) is 12.4 Å². The molecule has 1 aliphatic heterocycles. The van der Waals surface area contributed by atoms with E-state index in [9.17, 15) is 31.1 Å². The number of H-pyrrole nitrogens is 2. The van der Waals surface area contributed by atoms with Gasteiger partial charge in [0.05, 0.1) is 10.7 Å². The van der Waals surface area contributed by atoms with Crippen LogP contribution < -0.4 is 5.32 Å². The second-order valence-corrected chi connectivity index (χ2v) is 8.94. The van der Waals surface area contributed by atoms with Gasteiger partial charge in [0.2, 0.25) is 0 Å². The lowest BCUT2D eigenvalue weighted by molar-refractivity contribution is -0.193. The molecule has 0 saturated carbocycles. The Hall–Kier alpha value is -4.71. The van der Waals surface area contributed by atoms with Crippen molar-refractivity contribution in [2.24, 2.45) is 0 Å². The van der Waals surface area contributed by atoms with Crippen molar-refractivity contribution in [3.63, 3.8) is 0 Å². The van der Waals surface area contributed by atoms with Crippen molar-refractivity contribution in [1.82, 2.24) is 35.1 Å². The fourth-order valence-electron chi connectivity index (χ4n) is 3.69. The van der Waals surface area contributed by atoms with Crippen LogP contribution in [0.15, 0.2) is 43.2 Å². The lowest BCUT2D eigenvalue weighted by Gasteiger charge is -2.26. The maximum absolute atomic E-state index is 12.8. The summed E-state index contributed by atoms with van der Waals surface area (Å²) in [6.07, 6.45) is -1.75. The highest BCUT2D eigenvalue weighted by Gasteiger charge is 2.38. The van der Waals surface area contributed by atoms with Crippen molar-refractivity contribution in [3.05, 3.63) is 54.0 Å². The molecule has 1 saturated heterocycles. The molecule has 43 heavy (non-hydrogen) atoms. The van der Waals surface area contributed by atoms with Gasteiger partial charge < -0.3 is 30.4 Å². The van der Waals surface area contributed by atoms with Gasteiger partial charge in [0.25, 0.3) is 5.91 Å². The molecule has 1 aliphatic rings. The molecule has 0 radical (unpaired) electrons. The maximum atomic E-state index is 12.8. The number of carbonyl (C=O) groups is 3. The van der Waals surface area contributed by atoms with Crippen LogP contribution in [0.5, 0.6) is 0 Å². The normalized spacial score (nSPS) is 13.4. The smallest absolute Gasteiger partial charge is 0.475 e. The molecule has 1 amide bonds.